The predicted octanol–water partition coefficient (Wildman–Crippen LogP) is 2.80. The molecule has 4 nitrogen and oxygen atoms in total. The van der Waals surface area contributed by atoms with Gasteiger partial charge in [0, 0.05) is 5.56 Å². The van der Waals surface area contributed by atoms with Gasteiger partial charge in [0.2, 0.25) is 0 Å². The molecule has 1 aromatic carbocycles. The van der Waals surface area contributed by atoms with Crippen LogP contribution in [-0.2, 0) is 0 Å². The third-order valence-electron chi connectivity index (χ3n) is 2.35. The molecule has 0 spiro atoms. The fourth-order valence-electron chi connectivity index (χ4n) is 1.60. The topological polar surface area (TPSA) is 63.1 Å². The van der Waals surface area contributed by atoms with E-state index in [0.29, 0.717) is 5.56 Å². The van der Waals surface area contributed by atoms with E-state index in [-0.39, 0.29) is 10.7 Å². The second-order valence-corrected chi connectivity index (χ2v) is 3.96. The van der Waals surface area contributed by atoms with Crippen molar-refractivity contribution in [3.05, 3.63) is 46.7 Å². The molecular weight excluding hydrogens is 240 g/mol. The van der Waals surface area contributed by atoms with E-state index < -0.39 is 5.97 Å². The molecule has 5 heteroatoms. The average Bonchev–Trinajstić information content (AvgIpc) is 2.28. The van der Waals surface area contributed by atoms with Gasteiger partial charge in [0.1, 0.15) is 5.56 Å². The zero-order chi connectivity index (χ0) is 12.4. The Morgan fingerprint density at radius 2 is 2.18 bits per heavy atom. The maximum absolute atomic E-state index is 11.1. The normalized spacial score (nSPS) is 10.2. The molecule has 0 saturated carbocycles. The zero-order valence-electron chi connectivity index (χ0n) is 9.01. The Morgan fingerprint density at radius 1 is 1.41 bits per heavy atom. The highest BCUT2D eigenvalue weighted by Gasteiger charge is 2.17. The number of carbonyl (C=O) groups is 1. The van der Waals surface area contributed by atoms with Crippen molar-refractivity contribution in [1.82, 2.24) is 10.2 Å². The lowest BCUT2D eigenvalue weighted by atomic mass is 10.0. The molecule has 2 rings (SSSR count). The molecule has 17 heavy (non-hydrogen) atoms. The number of aryl methyl sites for hydroxylation is 1. The van der Waals surface area contributed by atoms with Gasteiger partial charge in [0.15, 0.2) is 5.15 Å². The summed E-state index contributed by atoms with van der Waals surface area (Å²) in [7, 11) is 0. The molecule has 0 aliphatic carbocycles. The third kappa shape index (κ3) is 2.26. The van der Waals surface area contributed by atoms with E-state index in [4.69, 9.17) is 16.7 Å². The van der Waals surface area contributed by atoms with Gasteiger partial charge in [-0.1, -0.05) is 41.4 Å². The van der Waals surface area contributed by atoms with Gasteiger partial charge < -0.3 is 5.11 Å². The summed E-state index contributed by atoms with van der Waals surface area (Å²) < 4.78 is 0. The Morgan fingerprint density at radius 3 is 2.82 bits per heavy atom. The summed E-state index contributed by atoms with van der Waals surface area (Å²) >= 11 is 5.76. The largest absolute Gasteiger partial charge is 0.478 e. The predicted molar refractivity (Wildman–Crippen MR) is 64.2 cm³/mol. The summed E-state index contributed by atoms with van der Waals surface area (Å²) in [5.41, 5.74) is 2.25. The van der Waals surface area contributed by atoms with E-state index >= 15 is 0 Å². The Hall–Kier alpha value is -1.94. The molecule has 0 amide bonds. The molecule has 2 aromatic rings. The van der Waals surface area contributed by atoms with Crippen LogP contribution in [-0.4, -0.2) is 21.3 Å². The van der Waals surface area contributed by atoms with Crippen LogP contribution in [0.3, 0.4) is 0 Å². The second-order valence-electron chi connectivity index (χ2n) is 3.60. The van der Waals surface area contributed by atoms with Crippen molar-refractivity contribution >= 4 is 17.6 Å². The van der Waals surface area contributed by atoms with E-state index in [0.717, 1.165) is 11.1 Å². The number of rotatable bonds is 2. The van der Waals surface area contributed by atoms with Crippen LogP contribution in [0.5, 0.6) is 0 Å². The second kappa shape index (κ2) is 4.51. The molecule has 1 aromatic heterocycles. The van der Waals surface area contributed by atoms with Crippen LogP contribution in [0.1, 0.15) is 15.9 Å². The summed E-state index contributed by atoms with van der Waals surface area (Å²) in [6, 6.07) is 7.47. The van der Waals surface area contributed by atoms with Crippen LogP contribution in [0.15, 0.2) is 30.5 Å². The van der Waals surface area contributed by atoms with Crippen LogP contribution in [0.25, 0.3) is 11.1 Å². The first kappa shape index (κ1) is 11.5. The molecule has 1 N–H and O–H groups in total. The van der Waals surface area contributed by atoms with E-state index in [9.17, 15) is 4.79 Å². The Kier molecular flexibility index (Phi) is 3.06. The molecule has 0 radical (unpaired) electrons. The van der Waals surface area contributed by atoms with Crippen LogP contribution < -0.4 is 0 Å². The van der Waals surface area contributed by atoms with Crippen molar-refractivity contribution < 1.29 is 9.90 Å². The minimum atomic E-state index is -1.11. The first-order valence-corrected chi connectivity index (χ1v) is 5.29. The fraction of sp³-hybridized carbons (Fsp3) is 0.0833. The molecule has 0 fully saturated rings. The van der Waals surface area contributed by atoms with Gasteiger partial charge in [-0.15, -0.1) is 5.10 Å². The molecule has 0 saturated heterocycles. The van der Waals surface area contributed by atoms with E-state index in [1.54, 1.807) is 0 Å². The van der Waals surface area contributed by atoms with Gasteiger partial charge in [-0.25, -0.2) is 4.79 Å². The number of carboxylic acid groups (broad SMARTS) is 1. The molecule has 0 atom stereocenters. The van der Waals surface area contributed by atoms with Crippen LogP contribution in [0.4, 0.5) is 0 Å². The maximum atomic E-state index is 11.1. The SMILES string of the molecule is Cc1cccc(-c2cnnc(Cl)c2C(=O)O)c1. The quantitative estimate of drug-likeness (QED) is 0.888. The van der Waals surface area contributed by atoms with E-state index in [1.165, 1.54) is 6.20 Å². The highest BCUT2D eigenvalue weighted by atomic mass is 35.5. The molecule has 0 bridgehead atoms. The van der Waals surface area contributed by atoms with Crippen molar-refractivity contribution in [3.8, 4) is 11.1 Å². The molecule has 0 aliphatic rings. The summed E-state index contributed by atoms with van der Waals surface area (Å²) in [5, 5.41) is 16.3. The first-order valence-electron chi connectivity index (χ1n) is 4.91. The van der Waals surface area contributed by atoms with Crippen molar-refractivity contribution in [3.63, 3.8) is 0 Å². The van der Waals surface area contributed by atoms with Gasteiger partial charge in [0.05, 0.1) is 6.20 Å². The van der Waals surface area contributed by atoms with Crippen molar-refractivity contribution in [2.24, 2.45) is 0 Å². The van der Waals surface area contributed by atoms with Crippen LogP contribution in [0, 0.1) is 6.92 Å². The Bertz CT molecular complexity index is 584. The van der Waals surface area contributed by atoms with Crippen molar-refractivity contribution in [2.75, 3.05) is 0 Å². The number of nitrogens with zero attached hydrogens (tertiary/aromatic N) is 2. The van der Waals surface area contributed by atoms with Crippen molar-refractivity contribution in [1.29, 1.82) is 0 Å². The smallest absolute Gasteiger partial charge is 0.339 e. The van der Waals surface area contributed by atoms with Crippen LogP contribution >= 0.6 is 11.6 Å². The Labute approximate surface area is 103 Å². The molecule has 86 valence electrons. The first-order chi connectivity index (χ1) is 8.09. The average molecular weight is 249 g/mol. The van der Waals surface area contributed by atoms with Gasteiger partial charge in [-0.2, -0.15) is 5.10 Å². The van der Waals surface area contributed by atoms with Gasteiger partial charge in [-0.05, 0) is 12.5 Å². The van der Waals surface area contributed by atoms with Crippen LogP contribution in [0.2, 0.25) is 5.15 Å². The molecular formula is C12H9ClN2O2. The lowest BCUT2D eigenvalue weighted by Gasteiger charge is -2.06. The fourth-order valence-corrected chi connectivity index (χ4v) is 1.82. The summed E-state index contributed by atoms with van der Waals surface area (Å²) in [5.74, 6) is -1.11. The lowest BCUT2D eigenvalue weighted by Crippen LogP contribution is -2.03. The minimum Gasteiger partial charge on any atom is -0.478 e. The monoisotopic (exact) mass is 248 g/mol. The molecule has 1 heterocycles. The number of carboxylic acids is 1. The number of hydrogen-bond acceptors (Lipinski definition) is 3. The number of hydrogen-bond donors (Lipinski definition) is 1. The number of halogens is 1. The molecule has 0 aliphatic heterocycles. The minimum absolute atomic E-state index is 0.0210. The number of aromatic carboxylic acids is 1. The summed E-state index contributed by atoms with van der Waals surface area (Å²) in [6.07, 6.45) is 1.41. The van der Waals surface area contributed by atoms with Gasteiger partial charge >= 0.3 is 5.97 Å². The summed E-state index contributed by atoms with van der Waals surface area (Å²) in [6.45, 7) is 1.93. The third-order valence-corrected chi connectivity index (χ3v) is 2.62. The van der Waals surface area contributed by atoms with E-state index in [2.05, 4.69) is 10.2 Å². The molecule has 0 unspecified atom stereocenters. The highest BCUT2D eigenvalue weighted by molar-refractivity contribution is 6.33. The maximum Gasteiger partial charge on any atom is 0.339 e. The van der Waals surface area contributed by atoms with E-state index in [1.807, 2.05) is 31.2 Å². The zero-order valence-corrected chi connectivity index (χ0v) is 9.77. The van der Waals surface area contributed by atoms with Gasteiger partial charge in [0.25, 0.3) is 0 Å². The number of aromatic nitrogens is 2. The standard InChI is InChI=1S/C12H9ClN2O2/c1-7-3-2-4-8(5-7)9-6-14-15-11(13)10(9)12(16)17/h2-6H,1H3,(H,16,17). The Balaban J connectivity index is 2.67. The highest BCUT2D eigenvalue weighted by Crippen LogP contribution is 2.27. The summed E-state index contributed by atoms with van der Waals surface area (Å²) in [4.78, 5) is 11.1. The van der Waals surface area contributed by atoms with Crippen molar-refractivity contribution in [2.45, 2.75) is 6.92 Å². The lowest BCUT2D eigenvalue weighted by molar-refractivity contribution is 0.0697. The van der Waals surface area contributed by atoms with Gasteiger partial charge in [-0.3, -0.25) is 0 Å². The number of benzene rings is 1.